The molecule has 110 valence electrons. The Kier molecular flexibility index (Phi) is 5.76. The number of nitrogens with zero attached hydrogens (tertiary/aromatic N) is 1. The highest BCUT2D eigenvalue weighted by Crippen LogP contribution is 2.32. The van der Waals surface area contributed by atoms with Crippen molar-refractivity contribution in [2.24, 2.45) is 0 Å². The zero-order valence-corrected chi connectivity index (χ0v) is 14.1. The standard InChI is InChI=1S/C14H11Cl3N2OS/c1-8-2-3-14(18-6-8)21-7-13(20)19-12-5-10(16)9(15)4-11(12)17/h2-6H,7H2,1H3,(H,19,20). The van der Waals surface area contributed by atoms with Crippen LogP contribution in [0.3, 0.4) is 0 Å². The van der Waals surface area contributed by atoms with Crippen LogP contribution in [-0.2, 0) is 4.79 Å². The lowest BCUT2D eigenvalue weighted by Crippen LogP contribution is -2.14. The summed E-state index contributed by atoms with van der Waals surface area (Å²) in [5.74, 6) is 0.0368. The molecule has 2 aromatic rings. The molecule has 0 saturated carbocycles. The number of carbonyl (C=O) groups excluding carboxylic acids is 1. The first-order valence-electron chi connectivity index (χ1n) is 5.95. The molecule has 0 unspecified atom stereocenters. The molecule has 0 saturated heterocycles. The number of hydrogen-bond acceptors (Lipinski definition) is 3. The highest BCUT2D eigenvalue weighted by Gasteiger charge is 2.10. The van der Waals surface area contributed by atoms with Crippen molar-refractivity contribution in [1.29, 1.82) is 0 Å². The number of thioether (sulfide) groups is 1. The zero-order chi connectivity index (χ0) is 15.4. The quantitative estimate of drug-likeness (QED) is 0.610. The molecule has 3 nitrogen and oxygen atoms in total. The second-order valence-electron chi connectivity index (χ2n) is 4.26. The number of pyridine rings is 1. The Bertz CT molecular complexity index is 662. The van der Waals surface area contributed by atoms with Crippen molar-refractivity contribution in [2.75, 3.05) is 11.1 Å². The number of nitrogens with one attached hydrogen (secondary N) is 1. The molecule has 1 heterocycles. The molecule has 0 aliphatic carbocycles. The van der Waals surface area contributed by atoms with Crippen molar-refractivity contribution in [3.05, 3.63) is 51.1 Å². The molecule has 1 amide bonds. The van der Waals surface area contributed by atoms with Gasteiger partial charge in [-0.15, -0.1) is 0 Å². The van der Waals surface area contributed by atoms with Gasteiger partial charge >= 0.3 is 0 Å². The lowest BCUT2D eigenvalue weighted by Gasteiger charge is -2.08. The molecule has 21 heavy (non-hydrogen) atoms. The molecule has 7 heteroatoms. The fourth-order valence-corrected chi connectivity index (χ4v) is 2.72. The summed E-state index contributed by atoms with van der Waals surface area (Å²) in [6.07, 6.45) is 1.76. The SMILES string of the molecule is Cc1ccc(SCC(=O)Nc2cc(Cl)c(Cl)cc2Cl)nc1. The Morgan fingerprint density at radius 1 is 1.19 bits per heavy atom. The number of aromatic nitrogens is 1. The first-order valence-corrected chi connectivity index (χ1v) is 8.07. The number of amides is 1. The van der Waals surface area contributed by atoms with Crippen molar-refractivity contribution < 1.29 is 4.79 Å². The Morgan fingerprint density at radius 2 is 1.90 bits per heavy atom. The number of halogens is 3. The summed E-state index contributed by atoms with van der Waals surface area (Å²) in [5, 5.41) is 4.51. The van der Waals surface area contributed by atoms with Gasteiger partial charge < -0.3 is 5.32 Å². The lowest BCUT2D eigenvalue weighted by molar-refractivity contribution is -0.113. The topological polar surface area (TPSA) is 42.0 Å². The monoisotopic (exact) mass is 360 g/mol. The molecule has 1 aromatic heterocycles. The maximum atomic E-state index is 11.9. The molecule has 2 rings (SSSR count). The summed E-state index contributed by atoms with van der Waals surface area (Å²) >= 11 is 19.1. The summed E-state index contributed by atoms with van der Waals surface area (Å²) in [5.41, 5.74) is 1.51. The van der Waals surface area contributed by atoms with E-state index >= 15 is 0 Å². The number of carbonyl (C=O) groups is 1. The van der Waals surface area contributed by atoms with Crippen molar-refractivity contribution in [2.45, 2.75) is 11.9 Å². The smallest absolute Gasteiger partial charge is 0.234 e. The van der Waals surface area contributed by atoms with Crippen LogP contribution in [-0.4, -0.2) is 16.6 Å². The van der Waals surface area contributed by atoms with Crippen LogP contribution in [0.5, 0.6) is 0 Å². The molecule has 1 N–H and O–H groups in total. The fraction of sp³-hybridized carbons (Fsp3) is 0.143. The van der Waals surface area contributed by atoms with Gasteiger partial charge in [0.05, 0.1) is 31.5 Å². The molecule has 0 aliphatic heterocycles. The van der Waals surface area contributed by atoms with Crippen molar-refractivity contribution in [3.8, 4) is 0 Å². The van der Waals surface area contributed by atoms with E-state index in [0.717, 1.165) is 10.6 Å². The first kappa shape index (κ1) is 16.4. The Labute approximate surface area is 142 Å². The fourth-order valence-electron chi connectivity index (χ4n) is 1.48. The number of rotatable bonds is 4. The van der Waals surface area contributed by atoms with Crippen LogP contribution in [0.2, 0.25) is 15.1 Å². The number of benzene rings is 1. The van der Waals surface area contributed by atoms with E-state index in [1.54, 1.807) is 6.20 Å². The minimum atomic E-state index is -0.192. The Morgan fingerprint density at radius 3 is 2.57 bits per heavy atom. The van der Waals surface area contributed by atoms with Gasteiger partial charge in [-0.05, 0) is 30.7 Å². The van der Waals surface area contributed by atoms with Crippen LogP contribution in [0.4, 0.5) is 5.69 Å². The highest BCUT2D eigenvalue weighted by atomic mass is 35.5. The van der Waals surface area contributed by atoms with Gasteiger partial charge in [-0.3, -0.25) is 4.79 Å². The summed E-state index contributed by atoms with van der Waals surface area (Å²) in [4.78, 5) is 16.1. The van der Waals surface area contributed by atoms with Gasteiger partial charge in [-0.2, -0.15) is 0 Å². The predicted octanol–water partition coefficient (Wildman–Crippen LogP) is 5.08. The molecular formula is C14H11Cl3N2OS. The number of anilines is 1. The Balaban J connectivity index is 1.96. The summed E-state index contributed by atoms with van der Waals surface area (Å²) in [6, 6.07) is 6.84. The van der Waals surface area contributed by atoms with Crippen LogP contribution >= 0.6 is 46.6 Å². The minimum absolute atomic E-state index is 0.192. The van der Waals surface area contributed by atoms with Crippen LogP contribution in [0, 0.1) is 6.92 Å². The molecule has 1 aromatic carbocycles. The van der Waals surface area contributed by atoms with Crippen LogP contribution in [0.15, 0.2) is 35.5 Å². The van der Waals surface area contributed by atoms with Crippen molar-refractivity contribution in [3.63, 3.8) is 0 Å². The number of aryl methyl sites for hydroxylation is 1. The van der Waals surface area contributed by atoms with Crippen LogP contribution in [0.1, 0.15) is 5.56 Å². The molecule has 0 bridgehead atoms. The maximum absolute atomic E-state index is 11.9. The summed E-state index contributed by atoms with van der Waals surface area (Å²) in [7, 11) is 0. The van der Waals surface area contributed by atoms with E-state index in [2.05, 4.69) is 10.3 Å². The largest absolute Gasteiger partial charge is 0.324 e. The van der Waals surface area contributed by atoms with Gasteiger partial charge in [0.2, 0.25) is 5.91 Å². The van der Waals surface area contributed by atoms with E-state index in [9.17, 15) is 4.79 Å². The summed E-state index contributed by atoms with van der Waals surface area (Å²) < 4.78 is 0. The highest BCUT2D eigenvalue weighted by molar-refractivity contribution is 7.99. The van der Waals surface area contributed by atoms with E-state index < -0.39 is 0 Å². The third-order valence-electron chi connectivity index (χ3n) is 2.52. The first-order chi connectivity index (χ1) is 9.95. The second kappa shape index (κ2) is 7.36. The van der Waals surface area contributed by atoms with Gasteiger partial charge in [0.15, 0.2) is 0 Å². The van der Waals surface area contributed by atoms with Gasteiger partial charge in [-0.1, -0.05) is 52.6 Å². The van der Waals surface area contributed by atoms with Gasteiger partial charge in [-0.25, -0.2) is 4.98 Å². The summed E-state index contributed by atoms with van der Waals surface area (Å²) in [6.45, 7) is 1.96. The van der Waals surface area contributed by atoms with Crippen LogP contribution < -0.4 is 5.32 Å². The van der Waals surface area contributed by atoms with E-state index in [1.807, 2.05) is 19.1 Å². The predicted molar refractivity (Wildman–Crippen MR) is 89.8 cm³/mol. The third-order valence-corrected chi connectivity index (χ3v) is 4.50. The molecular weight excluding hydrogens is 351 g/mol. The van der Waals surface area contributed by atoms with Crippen LogP contribution in [0.25, 0.3) is 0 Å². The molecule has 0 aliphatic rings. The minimum Gasteiger partial charge on any atom is -0.324 e. The van der Waals surface area contributed by atoms with E-state index in [0.29, 0.717) is 20.8 Å². The van der Waals surface area contributed by atoms with Gasteiger partial charge in [0.1, 0.15) is 0 Å². The average Bonchev–Trinajstić information content (AvgIpc) is 2.44. The third kappa shape index (κ3) is 4.78. The molecule has 0 fully saturated rings. The van der Waals surface area contributed by atoms with E-state index in [4.69, 9.17) is 34.8 Å². The maximum Gasteiger partial charge on any atom is 0.234 e. The normalized spacial score (nSPS) is 10.5. The van der Waals surface area contributed by atoms with Crippen molar-refractivity contribution >= 4 is 58.2 Å². The number of hydrogen-bond donors (Lipinski definition) is 1. The van der Waals surface area contributed by atoms with E-state index in [-0.39, 0.29) is 11.7 Å². The second-order valence-corrected chi connectivity index (χ2v) is 6.47. The average molecular weight is 362 g/mol. The molecule has 0 radical (unpaired) electrons. The Hall–Kier alpha value is -0.940. The van der Waals surface area contributed by atoms with E-state index in [1.165, 1.54) is 23.9 Å². The van der Waals surface area contributed by atoms with Crippen molar-refractivity contribution in [1.82, 2.24) is 4.98 Å². The molecule has 0 spiro atoms. The molecule has 0 atom stereocenters. The van der Waals surface area contributed by atoms with Gasteiger partial charge in [0.25, 0.3) is 0 Å². The zero-order valence-electron chi connectivity index (χ0n) is 11.0. The lowest BCUT2D eigenvalue weighted by atomic mass is 10.3. The van der Waals surface area contributed by atoms with Gasteiger partial charge in [0, 0.05) is 6.20 Å².